The Morgan fingerprint density at radius 3 is 3.00 bits per heavy atom. The minimum Gasteiger partial charge on any atom is -0.382 e. The maximum atomic E-state index is 11.5. The lowest BCUT2D eigenvalue weighted by Crippen LogP contribution is -2.27. The third-order valence-electron chi connectivity index (χ3n) is 2.47. The fraction of sp³-hybridized carbons (Fsp3) is 0.900. The Morgan fingerprint density at radius 1 is 1.64 bits per heavy atom. The average Bonchev–Trinajstić information content (AvgIpc) is 2.54. The van der Waals surface area contributed by atoms with Crippen molar-refractivity contribution in [3.8, 4) is 0 Å². The largest absolute Gasteiger partial charge is 0.382 e. The Kier molecular flexibility index (Phi) is 5.33. The maximum absolute atomic E-state index is 11.5. The van der Waals surface area contributed by atoms with Crippen LogP contribution in [0.15, 0.2) is 0 Å². The van der Waals surface area contributed by atoms with Crippen LogP contribution in [-0.4, -0.2) is 42.9 Å². The van der Waals surface area contributed by atoms with Gasteiger partial charge in [0.1, 0.15) is 0 Å². The van der Waals surface area contributed by atoms with Crippen LogP contribution in [0.2, 0.25) is 0 Å². The van der Waals surface area contributed by atoms with Gasteiger partial charge in [-0.2, -0.15) is 12.6 Å². The Morgan fingerprint density at radius 2 is 2.43 bits per heavy atom. The van der Waals surface area contributed by atoms with Gasteiger partial charge in [-0.05, 0) is 25.0 Å². The molecule has 0 radical (unpaired) electrons. The number of rotatable bonds is 6. The van der Waals surface area contributed by atoms with Crippen molar-refractivity contribution in [2.24, 2.45) is 5.92 Å². The molecule has 0 saturated carbocycles. The third-order valence-corrected chi connectivity index (χ3v) is 2.99. The van der Waals surface area contributed by atoms with E-state index in [1.165, 1.54) is 0 Å². The molecule has 1 aliphatic heterocycles. The lowest BCUT2D eigenvalue weighted by molar-refractivity contribution is -0.127. The molecular weight excluding hydrogens is 198 g/mol. The summed E-state index contributed by atoms with van der Waals surface area (Å²) in [5.41, 5.74) is 0. The van der Waals surface area contributed by atoms with E-state index in [9.17, 15) is 4.79 Å². The van der Waals surface area contributed by atoms with Crippen molar-refractivity contribution in [1.82, 2.24) is 4.90 Å². The van der Waals surface area contributed by atoms with Gasteiger partial charge in [0.15, 0.2) is 0 Å². The quantitative estimate of drug-likeness (QED) is 0.535. The highest BCUT2D eigenvalue weighted by atomic mass is 32.1. The molecular formula is C10H19NO2S. The standard InChI is InChI=1S/C10H19NO2S/c1-2-13-5-3-4-11-7-9(8-14)6-10(11)12/h9,14H,2-8H2,1H3. The van der Waals surface area contributed by atoms with Crippen LogP contribution in [0.4, 0.5) is 0 Å². The molecule has 1 fully saturated rings. The Bertz CT molecular complexity index is 187. The molecule has 0 aromatic carbocycles. The van der Waals surface area contributed by atoms with E-state index in [1.54, 1.807) is 0 Å². The zero-order valence-corrected chi connectivity index (χ0v) is 9.63. The summed E-state index contributed by atoms with van der Waals surface area (Å²) in [6, 6.07) is 0. The fourth-order valence-electron chi connectivity index (χ4n) is 1.69. The molecule has 0 bridgehead atoms. The first kappa shape index (κ1) is 11.9. The number of likely N-dealkylation sites (tertiary alicyclic amines) is 1. The second kappa shape index (κ2) is 6.30. The highest BCUT2D eigenvalue weighted by molar-refractivity contribution is 7.80. The van der Waals surface area contributed by atoms with Gasteiger partial charge in [-0.15, -0.1) is 0 Å². The van der Waals surface area contributed by atoms with Gasteiger partial charge in [-0.1, -0.05) is 0 Å². The summed E-state index contributed by atoms with van der Waals surface area (Å²) < 4.78 is 5.23. The van der Waals surface area contributed by atoms with Crippen LogP contribution in [0, 0.1) is 5.92 Å². The molecule has 1 saturated heterocycles. The lowest BCUT2D eigenvalue weighted by atomic mass is 10.1. The Labute approximate surface area is 91.2 Å². The number of nitrogens with zero attached hydrogens (tertiary/aromatic N) is 1. The van der Waals surface area contributed by atoms with Crippen molar-refractivity contribution in [2.45, 2.75) is 19.8 Å². The SMILES string of the molecule is CCOCCCN1CC(CS)CC1=O. The maximum Gasteiger partial charge on any atom is 0.222 e. The lowest BCUT2D eigenvalue weighted by Gasteiger charge is -2.15. The average molecular weight is 217 g/mol. The van der Waals surface area contributed by atoms with Crippen molar-refractivity contribution in [1.29, 1.82) is 0 Å². The topological polar surface area (TPSA) is 29.5 Å². The van der Waals surface area contributed by atoms with E-state index in [-0.39, 0.29) is 5.91 Å². The number of ether oxygens (including phenoxy) is 1. The number of hydrogen-bond donors (Lipinski definition) is 1. The molecule has 1 atom stereocenters. The number of amides is 1. The van der Waals surface area contributed by atoms with Crippen molar-refractivity contribution in [3.63, 3.8) is 0 Å². The van der Waals surface area contributed by atoms with Crippen LogP contribution in [0.3, 0.4) is 0 Å². The molecule has 0 aromatic heterocycles. The molecule has 14 heavy (non-hydrogen) atoms. The normalized spacial score (nSPS) is 22.0. The van der Waals surface area contributed by atoms with Gasteiger partial charge in [0.05, 0.1) is 0 Å². The molecule has 0 aliphatic carbocycles. The molecule has 4 heteroatoms. The van der Waals surface area contributed by atoms with Crippen LogP contribution in [0.25, 0.3) is 0 Å². The summed E-state index contributed by atoms with van der Waals surface area (Å²) >= 11 is 4.22. The van der Waals surface area contributed by atoms with Gasteiger partial charge in [0.2, 0.25) is 5.91 Å². The molecule has 1 aliphatic rings. The highest BCUT2D eigenvalue weighted by Gasteiger charge is 2.27. The monoisotopic (exact) mass is 217 g/mol. The fourth-order valence-corrected chi connectivity index (χ4v) is 1.94. The summed E-state index contributed by atoms with van der Waals surface area (Å²) in [5, 5.41) is 0. The smallest absolute Gasteiger partial charge is 0.222 e. The number of hydrogen-bond acceptors (Lipinski definition) is 3. The molecule has 1 heterocycles. The predicted octanol–water partition coefficient (Wildman–Crippen LogP) is 1.19. The zero-order chi connectivity index (χ0) is 10.4. The van der Waals surface area contributed by atoms with E-state index in [0.29, 0.717) is 12.3 Å². The first-order valence-electron chi connectivity index (χ1n) is 5.24. The predicted molar refractivity (Wildman–Crippen MR) is 59.7 cm³/mol. The molecule has 1 rings (SSSR count). The number of carbonyl (C=O) groups excluding carboxylic acids is 1. The van der Waals surface area contributed by atoms with Gasteiger partial charge < -0.3 is 9.64 Å². The van der Waals surface area contributed by atoms with E-state index >= 15 is 0 Å². The van der Waals surface area contributed by atoms with Crippen LogP contribution in [-0.2, 0) is 9.53 Å². The zero-order valence-electron chi connectivity index (χ0n) is 8.74. The summed E-state index contributed by atoms with van der Waals surface area (Å²) in [5.74, 6) is 1.55. The summed E-state index contributed by atoms with van der Waals surface area (Å²) in [7, 11) is 0. The molecule has 0 aromatic rings. The van der Waals surface area contributed by atoms with Crippen molar-refractivity contribution < 1.29 is 9.53 Å². The summed E-state index contributed by atoms with van der Waals surface area (Å²) in [6.07, 6.45) is 1.62. The van der Waals surface area contributed by atoms with Gasteiger partial charge in [0, 0.05) is 32.7 Å². The van der Waals surface area contributed by atoms with E-state index in [1.807, 2.05) is 11.8 Å². The van der Waals surface area contributed by atoms with Crippen LogP contribution >= 0.6 is 12.6 Å². The minimum absolute atomic E-state index is 0.278. The van der Waals surface area contributed by atoms with Crippen molar-refractivity contribution >= 4 is 18.5 Å². The number of carbonyl (C=O) groups is 1. The molecule has 82 valence electrons. The van der Waals surface area contributed by atoms with Crippen molar-refractivity contribution in [2.75, 3.05) is 32.1 Å². The van der Waals surface area contributed by atoms with Crippen LogP contribution < -0.4 is 0 Å². The third kappa shape index (κ3) is 3.50. The second-order valence-corrected chi connectivity index (χ2v) is 4.01. The minimum atomic E-state index is 0.278. The van der Waals surface area contributed by atoms with Gasteiger partial charge in [-0.3, -0.25) is 4.79 Å². The molecule has 1 amide bonds. The van der Waals surface area contributed by atoms with Gasteiger partial charge >= 0.3 is 0 Å². The molecule has 1 unspecified atom stereocenters. The van der Waals surface area contributed by atoms with Gasteiger partial charge in [-0.25, -0.2) is 0 Å². The van der Waals surface area contributed by atoms with E-state index in [0.717, 1.165) is 38.5 Å². The van der Waals surface area contributed by atoms with Crippen molar-refractivity contribution in [3.05, 3.63) is 0 Å². The highest BCUT2D eigenvalue weighted by Crippen LogP contribution is 2.18. The summed E-state index contributed by atoms with van der Waals surface area (Å²) in [6.45, 7) is 5.22. The summed E-state index contributed by atoms with van der Waals surface area (Å²) in [4.78, 5) is 13.4. The van der Waals surface area contributed by atoms with Gasteiger partial charge in [0.25, 0.3) is 0 Å². The first-order chi connectivity index (χ1) is 6.77. The van der Waals surface area contributed by atoms with E-state index in [4.69, 9.17) is 4.74 Å². The Hall–Kier alpha value is -0.220. The Balaban J connectivity index is 2.15. The molecule has 0 spiro atoms. The first-order valence-corrected chi connectivity index (χ1v) is 5.87. The van der Waals surface area contributed by atoms with Crippen LogP contribution in [0.5, 0.6) is 0 Å². The molecule has 0 N–H and O–H groups in total. The van der Waals surface area contributed by atoms with E-state index in [2.05, 4.69) is 12.6 Å². The molecule has 3 nitrogen and oxygen atoms in total. The van der Waals surface area contributed by atoms with Crippen LogP contribution in [0.1, 0.15) is 19.8 Å². The van der Waals surface area contributed by atoms with E-state index < -0.39 is 0 Å². The second-order valence-electron chi connectivity index (χ2n) is 3.64. The number of thiol groups is 1.